The first-order valence-electron chi connectivity index (χ1n) is 10.8. The van der Waals surface area contributed by atoms with Crippen LogP contribution in [0.3, 0.4) is 0 Å². The molecule has 1 heterocycles. The number of amides is 3. The van der Waals surface area contributed by atoms with E-state index in [1.807, 2.05) is 38.1 Å². The molecule has 0 radical (unpaired) electrons. The van der Waals surface area contributed by atoms with E-state index in [1.165, 1.54) is 18.9 Å². The third-order valence-electron chi connectivity index (χ3n) is 5.87. The predicted molar refractivity (Wildman–Crippen MR) is 122 cm³/mol. The van der Waals surface area contributed by atoms with E-state index in [4.69, 9.17) is 10.5 Å². The number of para-hydroxylation sites is 1. The Hall–Kier alpha value is -2.65. The van der Waals surface area contributed by atoms with Crippen LogP contribution in [-0.4, -0.2) is 73.3 Å². The molecule has 4 N–H and O–H groups in total. The molecule has 2 rings (SSSR count). The van der Waals surface area contributed by atoms with Gasteiger partial charge in [-0.05, 0) is 29.9 Å². The molecule has 0 saturated heterocycles. The maximum Gasteiger partial charge on any atom is 0.407 e. The lowest BCUT2D eigenvalue weighted by Gasteiger charge is -2.37. The molecule has 0 aromatic heterocycles. The van der Waals surface area contributed by atoms with E-state index in [9.17, 15) is 19.5 Å². The lowest BCUT2D eigenvalue weighted by Crippen LogP contribution is -2.51. The molecule has 1 aromatic rings. The fourth-order valence-corrected chi connectivity index (χ4v) is 4.05. The number of carbonyl (C=O) groups is 3. The molecule has 0 aliphatic carbocycles. The number of anilines is 1. The van der Waals surface area contributed by atoms with Crippen LogP contribution in [0.25, 0.3) is 0 Å². The van der Waals surface area contributed by atoms with Gasteiger partial charge in [-0.2, -0.15) is 0 Å². The smallest absolute Gasteiger partial charge is 0.407 e. The van der Waals surface area contributed by atoms with Crippen molar-refractivity contribution in [1.82, 2.24) is 10.2 Å². The van der Waals surface area contributed by atoms with Crippen LogP contribution in [0.4, 0.5) is 10.5 Å². The molecule has 9 heteroatoms. The highest BCUT2D eigenvalue weighted by molar-refractivity contribution is 5.95. The predicted octanol–water partition coefficient (Wildman–Crippen LogP) is 1.27. The maximum atomic E-state index is 13.3. The average Bonchev–Trinajstić information content (AvgIpc) is 2.71. The quantitative estimate of drug-likeness (QED) is 0.550. The van der Waals surface area contributed by atoms with Gasteiger partial charge < -0.3 is 30.7 Å². The molecule has 178 valence electrons. The van der Waals surface area contributed by atoms with Crippen molar-refractivity contribution < 1.29 is 24.2 Å². The SMILES string of the molecule is COC(=O)NC1Cc2ccccc2N(C(=O)CC(C)(C)C[C@H](N)[C@@H](O)CN(C)C(C)=O)C1. The summed E-state index contributed by atoms with van der Waals surface area (Å²) in [5.74, 6) is -0.231. The molecule has 0 fully saturated rings. The molecule has 1 unspecified atom stereocenters. The monoisotopic (exact) mass is 448 g/mol. The third kappa shape index (κ3) is 6.93. The topological polar surface area (TPSA) is 125 Å². The van der Waals surface area contributed by atoms with Gasteiger partial charge in [0, 0.05) is 45.2 Å². The molecule has 32 heavy (non-hydrogen) atoms. The van der Waals surface area contributed by atoms with Crippen molar-refractivity contribution in [1.29, 1.82) is 0 Å². The minimum absolute atomic E-state index is 0.0821. The standard InChI is InChI=1S/C23H36N4O5/c1-15(28)26(4)14-20(29)18(24)11-23(2,3)12-21(30)27-13-17(25-22(31)32-5)10-16-8-6-7-9-19(16)27/h6-9,17-18,20,29H,10-14,24H2,1-5H3,(H,25,31)/t17?,18-,20-/m0/s1. The van der Waals surface area contributed by atoms with Crippen LogP contribution in [0.1, 0.15) is 39.2 Å². The Morgan fingerprint density at radius 2 is 2.00 bits per heavy atom. The highest BCUT2D eigenvalue weighted by Crippen LogP contribution is 2.32. The normalized spacial score (nSPS) is 17.7. The summed E-state index contributed by atoms with van der Waals surface area (Å²) in [5, 5.41) is 13.2. The first-order chi connectivity index (χ1) is 14.9. The van der Waals surface area contributed by atoms with Crippen molar-refractivity contribution in [3.63, 3.8) is 0 Å². The Balaban J connectivity index is 2.08. The van der Waals surface area contributed by atoms with Crippen LogP contribution < -0.4 is 16.0 Å². The van der Waals surface area contributed by atoms with Gasteiger partial charge in [0.25, 0.3) is 0 Å². The fraction of sp³-hybridized carbons (Fsp3) is 0.609. The number of likely N-dealkylation sites (N-methyl/N-ethyl adjacent to an activating group) is 1. The number of methoxy groups -OCH3 is 1. The highest BCUT2D eigenvalue weighted by Gasteiger charge is 2.34. The first-order valence-corrected chi connectivity index (χ1v) is 10.8. The van der Waals surface area contributed by atoms with Gasteiger partial charge in [0.1, 0.15) is 0 Å². The first kappa shape index (κ1) is 25.6. The van der Waals surface area contributed by atoms with Crippen molar-refractivity contribution in [2.45, 2.75) is 58.2 Å². The second-order valence-electron chi connectivity index (χ2n) is 9.35. The van der Waals surface area contributed by atoms with E-state index in [-0.39, 0.29) is 30.8 Å². The van der Waals surface area contributed by atoms with Crippen LogP contribution >= 0.6 is 0 Å². The van der Waals surface area contributed by atoms with E-state index in [0.29, 0.717) is 19.4 Å². The van der Waals surface area contributed by atoms with Gasteiger partial charge in [-0.15, -0.1) is 0 Å². The van der Waals surface area contributed by atoms with Gasteiger partial charge in [0.15, 0.2) is 0 Å². The van der Waals surface area contributed by atoms with Crippen LogP contribution in [0.15, 0.2) is 24.3 Å². The molecule has 0 spiro atoms. The molecule has 0 bridgehead atoms. The summed E-state index contributed by atoms with van der Waals surface area (Å²) in [5.41, 5.74) is 7.53. The van der Waals surface area contributed by atoms with E-state index in [2.05, 4.69) is 5.32 Å². The molecule has 1 aromatic carbocycles. The second-order valence-corrected chi connectivity index (χ2v) is 9.35. The number of nitrogens with zero attached hydrogens (tertiary/aromatic N) is 2. The molecule has 3 atom stereocenters. The Morgan fingerprint density at radius 3 is 2.62 bits per heavy atom. The lowest BCUT2D eigenvalue weighted by molar-refractivity contribution is -0.129. The van der Waals surface area contributed by atoms with Gasteiger partial charge in [-0.3, -0.25) is 9.59 Å². The van der Waals surface area contributed by atoms with Crippen molar-refractivity contribution in [3.05, 3.63) is 29.8 Å². The third-order valence-corrected chi connectivity index (χ3v) is 5.87. The van der Waals surface area contributed by atoms with Gasteiger partial charge in [0.2, 0.25) is 11.8 Å². The van der Waals surface area contributed by atoms with E-state index < -0.39 is 23.7 Å². The number of ether oxygens (including phenoxy) is 1. The minimum Gasteiger partial charge on any atom is -0.453 e. The Bertz CT molecular complexity index is 828. The zero-order chi connectivity index (χ0) is 24.1. The lowest BCUT2D eigenvalue weighted by atomic mass is 9.80. The molecular weight excluding hydrogens is 412 g/mol. The number of carbonyl (C=O) groups excluding carboxylic acids is 3. The summed E-state index contributed by atoms with van der Waals surface area (Å²) in [6, 6.07) is 6.81. The van der Waals surface area contributed by atoms with E-state index >= 15 is 0 Å². The molecule has 9 nitrogen and oxygen atoms in total. The summed E-state index contributed by atoms with van der Waals surface area (Å²) in [7, 11) is 2.92. The van der Waals surface area contributed by atoms with Crippen molar-refractivity contribution in [3.8, 4) is 0 Å². The zero-order valence-corrected chi connectivity index (χ0v) is 19.6. The minimum atomic E-state index is -0.886. The van der Waals surface area contributed by atoms with Gasteiger partial charge in [-0.1, -0.05) is 32.0 Å². The highest BCUT2D eigenvalue weighted by atomic mass is 16.5. The summed E-state index contributed by atoms with van der Waals surface area (Å²) >= 11 is 0. The number of benzene rings is 1. The number of nitrogens with two attached hydrogens (primary N) is 1. The van der Waals surface area contributed by atoms with E-state index in [0.717, 1.165) is 11.3 Å². The number of hydrogen-bond acceptors (Lipinski definition) is 6. The molecule has 1 aliphatic heterocycles. The van der Waals surface area contributed by atoms with Crippen LogP contribution in [0.2, 0.25) is 0 Å². The Morgan fingerprint density at radius 1 is 1.34 bits per heavy atom. The van der Waals surface area contributed by atoms with Gasteiger partial charge in [-0.25, -0.2) is 4.79 Å². The van der Waals surface area contributed by atoms with Crippen molar-refractivity contribution in [2.75, 3.05) is 32.1 Å². The number of aliphatic hydroxyl groups excluding tert-OH is 1. The Labute approximate surface area is 189 Å². The number of hydrogen-bond donors (Lipinski definition) is 3. The number of fused-ring (bicyclic) bond motifs is 1. The Kier molecular flexibility index (Phi) is 8.63. The largest absolute Gasteiger partial charge is 0.453 e. The van der Waals surface area contributed by atoms with Crippen LogP contribution in [0.5, 0.6) is 0 Å². The summed E-state index contributed by atoms with van der Waals surface area (Å²) in [4.78, 5) is 39.6. The maximum absolute atomic E-state index is 13.3. The average molecular weight is 449 g/mol. The summed E-state index contributed by atoms with van der Waals surface area (Å²) in [6.45, 7) is 5.79. The van der Waals surface area contributed by atoms with E-state index in [1.54, 1.807) is 11.9 Å². The molecule has 0 saturated carbocycles. The zero-order valence-electron chi connectivity index (χ0n) is 19.6. The summed E-state index contributed by atoms with van der Waals surface area (Å²) < 4.78 is 4.71. The van der Waals surface area contributed by atoms with Crippen molar-refractivity contribution in [2.24, 2.45) is 11.1 Å². The number of aliphatic hydroxyl groups is 1. The number of nitrogens with one attached hydrogen (secondary N) is 1. The second kappa shape index (κ2) is 10.8. The van der Waals surface area contributed by atoms with Gasteiger partial charge >= 0.3 is 6.09 Å². The molecule has 1 aliphatic rings. The number of alkyl carbamates (subject to hydrolysis) is 1. The fourth-order valence-electron chi connectivity index (χ4n) is 4.05. The summed E-state index contributed by atoms with van der Waals surface area (Å²) in [6.07, 6.45) is -0.181. The number of rotatable bonds is 8. The van der Waals surface area contributed by atoms with Crippen molar-refractivity contribution >= 4 is 23.6 Å². The molecule has 3 amide bonds. The van der Waals surface area contributed by atoms with Crippen LogP contribution in [-0.2, 0) is 20.7 Å². The van der Waals surface area contributed by atoms with Crippen LogP contribution in [0, 0.1) is 5.41 Å². The van der Waals surface area contributed by atoms with Gasteiger partial charge in [0.05, 0.1) is 19.3 Å². The molecular formula is C23H36N4O5.